The summed E-state index contributed by atoms with van der Waals surface area (Å²) in [7, 11) is 0. The van der Waals surface area contributed by atoms with E-state index in [1.165, 1.54) is 87.1 Å². The summed E-state index contributed by atoms with van der Waals surface area (Å²) in [5, 5.41) is 12.4. The zero-order chi connectivity index (χ0) is 39.6. The van der Waals surface area contributed by atoms with Gasteiger partial charge in [0.25, 0.3) is 0 Å². The Kier molecular flexibility index (Phi) is 7.89. The van der Waals surface area contributed by atoms with Crippen molar-refractivity contribution < 1.29 is 0 Å². The van der Waals surface area contributed by atoms with E-state index in [1.54, 1.807) is 0 Å². The van der Waals surface area contributed by atoms with Crippen LogP contribution in [0.5, 0.6) is 0 Å². The molecule has 0 saturated heterocycles. The van der Waals surface area contributed by atoms with Crippen molar-refractivity contribution in [2.75, 3.05) is 4.90 Å². The van der Waals surface area contributed by atoms with Crippen LogP contribution >= 0.6 is 0 Å². The van der Waals surface area contributed by atoms with Crippen LogP contribution in [-0.4, -0.2) is 4.57 Å². The summed E-state index contributed by atoms with van der Waals surface area (Å²) < 4.78 is 2.39. The number of benzene rings is 11. The van der Waals surface area contributed by atoms with E-state index in [9.17, 15) is 0 Å². The molecule has 12 rings (SSSR count). The smallest absolute Gasteiger partial charge is 0.0546 e. The number of fused-ring (bicyclic) bond motifs is 7. The molecule has 0 atom stereocenters. The highest BCUT2D eigenvalue weighted by molar-refractivity contribution is 6.28. The molecule has 1 aromatic heterocycles. The van der Waals surface area contributed by atoms with Gasteiger partial charge in [-0.2, -0.15) is 0 Å². The predicted molar refractivity (Wildman–Crippen MR) is 256 cm³/mol. The fourth-order valence-electron chi connectivity index (χ4n) is 9.81. The first-order chi connectivity index (χ1) is 29.8. The molecule has 0 bridgehead atoms. The van der Waals surface area contributed by atoms with E-state index in [4.69, 9.17) is 0 Å². The second kappa shape index (κ2) is 13.9. The molecular formula is C58H38N2. The number of nitrogens with zero attached hydrogens (tertiary/aromatic N) is 2. The fraction of sp³-hybridized carbons (Fsp3) is 0. The molecule has 0 N–H and O–H groups in total. The summed E-state index contributed by atoms with van der Waals surface area (Å²) in [6, 6.07) is 84.4. The zero-order valence-electron chi connectivity index (χ0n) is 32.8. The van der Waals surface area contributed by atoms with Gasteiger partial charge in [-0.3, -0.25) is 0 Å². The van der Waals surface area contributed by atoms with Crippen molar-refractivity contribution in [2.24, 2.45) is 0 Å². The lowest BCUT2D eigenvalue weighted by Gasteiger charge is -2.29. The third-order valence-corrected chi connectivity index (χ3v) is 12.3. The third kappa shape index (κ3) is 5.28. The molecule has 0 spiro atoms. The maximum Gasteiger partial charge on any atom is 0.0546 e. The first-order valence-corrected chi connectivity index (χ1v) is 20.7. The van der Waals surface area contributed by atoms with Gasteiger partial charge < -0.3 is 9.47 Å². The van der Waals surface area contributed by atoms with Crippen molar-refractivity contribution in [3.63, 3.8) is 0 Å². The first kappa shape index (κ1) is 34.1. The Labute approximate surface area is 348 Å². The SMILES string of the molecule is c1ccc(N(c2ccc(-n3c4ccccc4c4ccccc43)cc2)c2cccc3c(-c4cccc5ccccc45)c4ccccc4c(-c4cccc5ccccc45)c23)cc1. The van der Waals surface area contributed by atoms with Crippen LogP contribution < -0.4 is 4.90 Å². The van der Waals surface area contributed by atoms with E-state index in [0.717, 1.165) is 22.7 Å². The molecule has 0 radical (unpaired) electrons. The molecule has 280 valence electrons. The molecule has 2 heteroatoms. The molecule has 0 amide bonds. The van der Waals surface area contributed by atoms with Crippen LogP contribution in [0.3, 0.4) is 0 Å². The Balaban J connectivity index is 1.18. The van der Waals surface area contributed by atoms with E-state index >= 15 is 0 Å². The van der Waals surface area contributed by atoms with Crippen molar-refractivity contribution >= 4 is 82.0 Å². The van der Waals surface area contributed by atoms with Crippen LogP contribution in [-0.2, 0) is 0 Å². The van der Waals surface area contributed by atoms with Crippen LogP contribution in [0.2, 0.25) is 0 Å². The van der Waals surface area contributed by atoms with Gasteiger partial charge in [0.15, 0.2) is 0 Å². The van der Waals surface area contributed by atoms with Crippen molar-refractivity contribution in [1.29, 1.82) is 0 Å². The largest absolute Gasteiger partial charge is 0.310 e. The van der Waals surface area contributed by atoms with Crippen LogP contribution in [0.15, 0.2) is 231 Å². The van der Waals surface area contributed by atoms with Gasteiger partial charge in [0, 0.05) is 38.8 Å². The lowest BCUT2D eigenvalue weighted by atomic mass is 9.83. The first-order valence-electron chi connectivity index (χ1n) is 20.7. The Morgan fingerprint density at radius 2 is 0.717 bits per heavy atom. The Hall–Kier alpha value is -7.94. The Bertz CT molecular complexity index is 3530. The van der Waals surface area contributed by atoms with E-state index in [0.29, 0.717) is 0 Å². The molecule has 0 aliphatic carbocycles. The van der Waals surface area contributed by atoms with Crippen LogP contribution in [0, 0.1) is 0 Å². The topological polar surface area (TPSA) is 8.17 Å². The van der Waals surface area contributed by atoms with Gasteiger partial charge >= 0.3 is 0 Å². The molecule has 0 aliphatic heterocycles. The lowest BCUT2D eigenvalue weighted by Crippen LogP contribution is -2.11. The summed E-state index contributed by atoms with van der Waals surface area (Å²) in [6.45, 7) is 0. The average molecular weight is 763 g/mol. The molecule has 1 heterocycles. The fourth-order valence-corrected chi connectivity index (χ4v) is 9.81. The van der Waals surface area contributed by atoms with Gasteiger partial charge in [0.05, 0.1) is 16.7 Å². The van der Waals surface area contributed by atoms with Gasteiger partial charge in [-0.15, -0.1) is 0 Å². The second-order valence-electron chi connectivity index (χ2n) is 15.6. The van der Waals surface area contributed by atoms with E-state index in [1.807, 2.05) is 0 Å². The number of aromatic nitrogens is 1. The molecule has 11 aromatic carbocycles. The molecule has 12 aromatic rings. The predicted octanol–water partition coefficient (Wildman–Crippen LogP) is 16.2. The normalized spacial score (nSPS) is 11.7. The van der Waals surface area contributed by atoms with Gasteiger partial charge in [0.2, 0.25) is 0 Å². The highest BCUT2D eigenvalue weighted by atomic mass is 15.1. The Morgan fingerprint density at radius 1 is 0.283 bits per heavy atom. The summed E-state index contributed by atoms with van der Waals surface area (Å²) in [5.74, 6) is 0. The van der Waals surface area contributed by atoms with Crippen molar-refractivity contribution in [2.45, 2.75) is 0 Å². The minimum Gasteiger partial charge on any atom is -0.310 e. The van der Waals surface area contributed by atoms with E-state index < -0.39 is 0 Å². The molecule has 0 fully saturated rings. The number of rotatable bonds is 6. The minimum atomic E-state index is 1.09. The van der Waals surface area contributed by atoms with Crippen molar-refractivity contribution in [1.82, 2.24) is 4.57 Å². The molecule has 2 nitrogen and oxygen atoms in total. The van der Waals surface area contributed by atoms with Gasteiger partial charge in [-0.1, -0.05) is 176 Å². The number of hydrogen-bond acceptors (Lipinski definition) is 1. The van der Waals surface area contributed by atoms with Gasteiger partial charge in [0.1, 0.15) is 0 Å². The van der Waals surface area contributed by atoms with E-state index in [2.05, 4.69) is 240 Å². The minimum absolute atomic E-state index is 1.09. The quantitative estimate of drug-likeness (QED) is 0.153. The molecule has 0 aliphatic rings. The standard InChI is InChI=1S/C58H38N2/c1-2-21-41(22-3-1)59(42-35-37-43(38-36-42)60-53-32-12-10-25-46(53)47-26-11-13-33-54(47)60)55-34-16-31-52-56(48-29-14-19-39-17-4-6-23-44(39)48)50-27-8-9-28-51(50)57(58(52)55)49-30-15-20-40-18-5-7-24-45(40)49/h1-38H. The maximum atomic E-state index is 2.45. The Morgan fingerprint density at radius 3 is 1.33 bits per heavy atom. The second-order valence-corrected chi connectivity index (χ2v) is 15.6. The zero-order valence-corrected chi connectivity index (χ0v) is 32.8. The average Bonchev–Trinajstić information content (AvgIpc) is 3.66. The summed E-state index contributed by atoms with van der Waals surface area (Å²) in [4.78, 5) is 2.45. The molecule has 0 saturated carbocycles. The van der Waals surface area contributed by atoms with Crippen LogP contribution in [0.25, 0.3) is 92.8 Å². The summed E-state index contributed by atoms with van der Waals surface area (Å²) in [5.41, 5.74) is 11.8. The molecule has 60 heavy (non-hydrogen) atoms. The monoisotopic (exact) mass is 762 g/mol. The van der Waals surface area contributed by atoms with Crippen LogP contribution in [0.1, 0.15) is 0 Å². The molecule has 0 unspecified atom stereocenters. The number of anilines is 3. The summed E-state index contributed by atoms with van der Waals surface area (Å²) >= 11 is 0. The summed E-state index contributed by atoms with van der Waals surface area (Å²) in [6.07, 6.45) is 0. The number of para-hydroxylation sites is 3. The van der Waals surface area contributed by atoms with Gasteiger partial charge in [-0.05, 0) is 109 Å². The molecular weight excluding hydrogens is 725 g/mol. The highest BCUT2D eigenvalue weighted by Crippen LogP contribution is 2.51. The van der Waals surface area contributed by atoms with E-state index in [-0.39, 0.29) is 0 Å². The third-order valence-electron chi connectivity index (χ3n) is 12.3. The lowest BCUT2D eigenvalue weighted by molar-refractivity contribution is 1.17. The number of hydrogen-bond donors (Lipinski definition) is 0. The van der Waals surface area contributed by atoms with Crippen molar-refractivity contribution in [3.05, 3.63) is 231 Å². The maximum absolute atomic E-state index is 2.45. The highest BCUT2D eigenvalue weighted by Gasteiger charge is 2.25. The van der Waals surface area contributed by atoms with Crippen LogP contribution in [0.4, 0.5) is 17.1 Å². The van der Waals surface area contributed by atoms with Crippen molar-refractivity contribution in [3.8, 4) is 27.9 Å². The van der Waals surface area contributed by atoms with Gasteiger partial charge in [-0.25, -0.2) is 0 Å².